The van der Waals surface area contributed by atoms with E-state index in [1.165, 1.54) is 46.7 Å². The van der Waals surface area contributed by atoms with Gasteiger partial charge < -0.3 is 10.4 Å². The smallest absolute Gasteiger partial charge is 0.0434 e. The minimum absolute atomic E-state index is 0.270. The summed E-state index contributed by atoms with van der Waals surface area (Å²) in [6.07, 6.45) is 5.53. The van der Waals surface area contributed by atoms with Crippen molar-refractivity contribution in [3.8, 4) is 0 Å². The number of aliphatic hydroxyl groups excluding tert-OH is 1. The highest BCUT2D eigenvalue weighted by atomic mass is 16.2. The van der Waals surface area contributed by atoms with Gasteiger partial charge in [-0.05, 0) is 72.4 Å². The highest BCUT2D eigenvalue weighted by molar-refractivity contribution is 5.86. The maximum Gasteiger partial charge on any atom is 0.0434 e. The van der Waals surface area contributed by atoms with Crippen LogP contribution in [0, 0.1) is 0 Å². The van der Waals surface area contributed by atoms with Gasteiger partial charge in [-0.15, -0.1) is 0 Å². The number of nitrogens with one attached hydrogen (secondary N) is 1. The molecule has 0 aliphatic heterocycles. The first-order chi connectivity index (χ1) is 13.7. The van der Waals surface area contributed by atoms with Gasteiger partial charge in [0.25, 0.3) is 0 Å². The summed E-state index contributed by atoms with van der Waals surface area (Å²) in [4.78, 5) is 0. The summed E-state index contributed by atoms with van der Waals surface area (Å²) in [7, 11) is 0. The average molecular weight is 374 g/mol. The summed E-state index contributed by atoms with van der Waals surface area (Å²) >= 11 is 0. The largest absolute Gasteiger partial charge is 0.396 e. The lowest BCUT2D eigenvalue weighted by atomic mass is 9.95. The SMILES string of the molecule is C[C@@H](NC1CC[C@H](c2ccc(CCCO)cc2)C1)c1cccc2ccccc12. The fraction of sp³-hybridized carbons (Fsp3) is 0.385. The second-order valence-electron chi connectivity index (χ2n) is 8.23. The molecule has 0 spiro atoms. The number of aliphatic hydroxyl groups is 1. The molecule has 1 unspecified atom stereocenters. The maximum absolute atomic E-state index is 8.99. The molecule has 0 heterocycles. The summed E-state index contributed by atoms with van der Waals surface area (Å²) in [5.74, 6) is 0.657. The van der Waals surface area contributed by atoms with Crippen LogP contribution >= 0.6 is 0 Å². The third-order valence-electron chi connectivity index (χ3n) is 6.28. The van der Waals surface area contributed by atoms with Crippen LogP contribution in [0.4, 0.5) is 0 Å². The van der Waals surface area contributed by atoms with E-state index in [1.807, 2.05) is 0 Å². The molecule has 4 rings (SSSR count). The van der Waals surface area contributed by atoms with Gasteiger partial charge in [0.1, 0.15) is 0 Å². The molecule has 1 aliphatic rings. The van der Waals surface area contributed by atoms with E-state index >= 15 is 0 Å². The molecule has 3 aromatic rings. The van der Waals surface area contributed by atoms with Gasteiger partial charge in [-0.1, -0.05) is 66.7 Å². The Balaban J connectivity index is 1.39. The van der Waals surface area contributed by atoms with Crippen molar-refractivity contribution in [1.29, 1.82) is 0 Å². The first kappa shape index (κ1) is 19.2. The first-order valence-corrected chi connectivity index (χ1v) is 10.7. The standard InChI is InChI=1S/C26H31NO/c1-19(25-10-4-8-22-7-2-3-9-26(22)25)27-24-16-15-23(18-24)21-13-11-20(12-14-21)6-5-17-28/h2-4,7-14,19,23-24,27-28H,5-6,15-18H2,1H3/t19-,23+,24?/m1/s1. The van der Waals surface area contributed by atoms with E-state index in [2.05, 4.69) is 79.0 Å². The molecule has 0 radical (unpaired) electrons. The Morgan fingerprint density at radius 3 is 2.57 bits per heavy atom. The van der Waals surface area contributed by atoms with E-state index < -0.39 is 0 Å². The molecule has 0 saturated heterocycles. The molecule has 1 saturated carbocycles. The Kier molecular flexibility index (Phi) is 6.09. The van der Waals surface area contributed by atoms with Gasteiger partial charge >= 0.3 is 0 Å². The predicted molar refractivity (Wildman–Crippen MR) is 118 cm³/mol. The zero-order chi connectivity index (χ0) is 19.3. The molecule has 2 nitrogen and oxygen atoms in total. The van der Waals surface area contributed by atoms with E-state index in [4.69, 9.17) is 5.11 Å². The van der Waals surface area contributed by atoms with Gasteiger partial charge in [0.2, 0.25) is 0 Å². The molecule has 1 aliphatic carbocycles. The molecule has 2 N–H and O–H groups in total. The Morgan fingerprint density at radius 1 is 0.964 bits per heavy atom. The van der Waals surface area contributed by atoms with Crippen molar-refractivity contribution in [2.24, 2.45) is 0 Å². The third kappa shape index (κ3) is 4.29. The average Bonchev–Trinajstić information content (AvgIpc) is 3.20. The molecular formula is C26H31NO. The van der Waals surface area contributed by atoms with E-state index in [1.54, 1.807) is 0 Å². The Hall–Kier alpha value is -2.16. The molecule has 0 bridgehead atoms. The highest BCUT2D eigenvalue weighted by Crippen LogP contribution is 2.36. The lowest BCUT2D eigenvalue weighted by Crippen LogP contribution is -2.29. The van der Waals surface area contributed by atoms with Crippen molar-refractivity contribution < 1.29 is 5.11 Å². The second kappa shape index (κ2) is 8.89. The van der Waals surface area contributed by atoms with E-state index in [-0.39, 0.29) is 6.61 Å². The summed E-state index contributed by atoms with van der Waals surface area (Å²) in [6, 6.07) is 25.3. The van der Waals surface area contributed by atoms with Crippen molar-refractivity contribution in [2.75, 3.05) is 6.61 Å². The zero-order valence-electron chi connectivity index (χ0n) is 16.8. The Labute approximate surface area is 168 Å². The van der Waals surface area contributed by atoms with Crippen molar-refractivity contribution in [2.45, 2.75) is 57.0 Å². The molecular weight excluding hydrogens is 342 g/mol. The molecule has 3 atom stereocenters. The fourth-order valence-electron chi connectivity index (χ4n) is 4.75. The first-order valence-electron chi connectivity index (χ1n) is 10.7. The van der Waals surface area contributed by atoms with Crippen LogP contribution < -0.4 is 5.32 Å². The van der Waals surface area contributed by atoms with E-state index in [9.17, 15) is 0 Å². The van der Waals surface area contributed by atoms with Gasteiger partial charge in [0.05, 0.1) is 0 Å². The van der Waals surface area contributed by atoms with Gasteiger partial charge in [-0.2, -0.15) is 0 Å². The second-order valence-corrected chi connectivity index (χ2v) is 8.23. The number of rotatable bonds is 7. The summed E-state index contributed by atoms with van der Waals surface area (Å²) in [5, 5.41) is 15.6. The number of benzene rings is 3. The number of hydrogen-bond donors (Lipinski definition) is 2. The van der Waals surface area contributed by atoms with Crippen LogP contribution in [-0.4, -0.2) is 17.8 Å². The molecule has 0 aromatic heterocycles. The minimum Gasteiger partial charge on any atom is -0.396 e. The van der Waals surface area contributed by atoms with Gasteiger partial charge in [-0.3, -0.25) is 0 Å². The number of aryl methyl sites for hydroxylation is 1. The highest BCUT2D eigenvalue weighted by Gasteiger charge is 2.27. The van der Waals surface area contributed by atoms with Crippen molar-refractivity contribution >= 4 is 10.8 Å². The van der Waals surface area contributed by atoms with Crippen LogP contribution in [0.15, 0.2) is 66.7 Å². The number of fused-ring (bicyclic) bond motifs is 1. The summed E-state index contributed by atoms with van der Waals surface area (Å²) in [5.41, 5.74) is 4.19. The van der Waals surface area contributed by atoms with Crippen LogP contribution in [0.25, 0.3) is 10.8 Å². The minimum atomic E-state index is 0.270. The molecule has 146 valence electrons. The molecule has 1 fully saturated rings. The van der Waals surface area contributed by atoms with Crippen molar-refractivity contribution in [3.05, 3.63) is 83.4 Å². The summed E-state index contributed by atoms with van der Waals surface area (Å²) < 4.78 is 0. The Bertz CT molecular complexity index is 896. The monoisotopic (exact) mass is 373 g/mol. The van der Waals surface area contributed by atoms with Crippen LogP contribution in [0.1, 0.15) is 61.3 Å². The normalized spacial score (nSPS) is 20.5. The quantitative estimate of drug-likeness (QED) is 0.552. The van der Waals surface area contributed by atoms with Crippen LogP contribution in [-0.2, 0) is 6.42 Å². The van der Waals surface area contributed by atoms with E-state index in [0.29, 0.717) is 18.0 Å². The topological polar surface area (TPSA) is 32.3 Å². The van der Waals surface area contributed by atoms with E-state index in [0.717, 1.165) is 12.8 Å². The van der Waals surface area contributed by atoms with Crippen LogP contribution in [0.3, 0.4) is 0 Å². The zero-order valence-corrected chi connectivity index (χ0v) is 16.8. The third-order valence-corrected chi connectivity index (χ3v) is 6.28. The number of hydrogen-bond acceptors (Lipinski definition) is 2. The molecule has 2 heteroatoms. The molecule has 3 aromatic carbocycles. The van der Waals surface area contributed by atoms with Gasteiger partial charge in [-0.25, -0.2) is 0 Å². The lowest BCUT2D eigenvalue weighted by molar-refractivity contribution is 0.288. The molecule has 28 heavy (non-hydrogen) atoms. The maximum atomic E-state index is 8.99. The van der Waals surface area contributed by atoms with Gasteiger partial charge in [0, 0.05) is 18.7 Å². The van der Waals surface area contributed by atoms with Crippen molar-refractivity contribution in [3.63, 3.8) is 0 Å². The summed E-state index contributed by atoms with van der Waals surface area (Å²) in [6.45, 7) is 2.57. The van der Waals surface area contributed by atoms with Gasteiger partial charge in [0.15, 0.2) is 0 Å². The van der Waals surface area contributed by atoms with Crippen LogP contribution in [0.2, 0.25) is 0 Å². The van der Waals surface area contributed by atoms with Crippen LogP contribution in [0.5, 0.6) is 0 Å². The predicted octanol–water partition coefficient (Wildman–Crippen LogP) is 5.75. The fourth-order valence-corrected chi connectivity index (χ4v) is 4.75. The Morgan fingerprint density at radius 2 is 1.75 bits per heavy atom. The lowest BCUT2D eigenvalue weighted by Gasteiger charge is -2.21. The molecule has 0 amide bonds. The van der Waals surface area contributed by atoms with Crippen molar-refractivity contribution in [1.82, 2.24) is 5.32 Å².